The number of aromatic nitrogens is 5. The summed E-state index contributed by atoms with van der Waals surface area (Å²) in [5, 5.41) is 1.05. The summed E-state index contributed by atoms with van der Waals surface area (Å²) in [7, 11) is 1.77. The molecule has 1 aliphatic heterocycles. The van der Waals surface area contributed by atoms with Gasteiger partial charge in [0.1, 0.15) is 5.52 Å². The Kier molecular flexibility index (Phi) is 4.69. The first-order valence-corrected chi connectivity index (χ1v) is 11.5. The molecule has 1 aromatic carbocycles. The number of amides is 1. The molecule has 1 saturated heterocycles. The fraction of sp³-hybridized carbons (Fsp3) is 0.269. The van der Waals surface area contributed by atoms with Gasteiger partial charge in [-0.05, 0) is 37.1 Å². The Labute approximate surface area is 195 Å². The van der Waals surface area contributed by atoms with E-state index in [0.29, 0.717) is 18.6 Å². The number of imidazole rings is 1. The lowest BCUT2D eigenvalue weighted by atomic mass is 10.0. The molecule has 0 aliphatic carbocycles. The van der Waals surface area contributed by atoms with E-state index in [4.69, 9.17) is 4.98 Å². The van der Waals surface area contributed by atoms with Crippen molar-refractivity contribution in [2.75, 3.05) is 13.1 Å². The van der Waals surface area contributed by atoms with Gasteiger partial charge in [0.25, 0.3) is 0 Å². The van der Waals surface area contributed by atoms with Crippen LogP contribution >= 0.6 is 0 Å². The van der Waals surface area contributed by atoms with Crippen LogP contribution in [-0.2, 0) is 11.8 Å². The van der Waals surface area contributed by atoms with Gasteiger partial charge in [0.15, 0.2) is 0 Å². The van der Waals surface area contributed by atoms with Crippen molar-refractivity contribution in [1.29, 1.82) is 0 Å². The number of likely N-dealkylation sites (tertiary alicyclic amines) is 1. The fourth-order valence-corrected chi connectivity index (χ4v) is 5.04. The van der Waals surface area contributed by atoms with Crippen molar-refractivity contribution in [1.82, 2.24) is 29.0 Å². The standard InChI is InChI=1S/C26H24N6O2/c1-16(33)31-11-9-19(10-12-31)32-25-23(30(2)26(32)34)15-28-22-8-7-21(29-24(22)25)18-13-17-5-3-4-6-20(17)27-14-18/h3-8,13-15,19H,9-12H2,1-2H3. The minimum Gasteiger partial charge on any atom is -0.343 e. The lowest BCUT2D eigenvalue weighted by Crippen LogP contribution is -2.39. The molecule has 1 aliphatic rings. The molecule has 5 aromatic rings. The van der Waals surface area contributed by atoms with Gasteiger partial charge in [-0.3, -0.25) is 23.9 Å². The molecule has 0 saturated carbocycles. The molecule has 8 nitrogen and oxygen atoms in total. The van der Waals surface area contributed by atoms with Gasteiger partial charge >= 0.3 is 5.69 Å². The number of rotatable bonds is 2. The van der Waals surface area contributed by atoms with Gasteiger partial charge in [-0.15, -0.1) is 0 Å². The van der Waals surface area contributed by atoms with Crippen LogP contribution in [-0.4, -0.2) is 48.0 Å². The van der Waals surface area contributed by atoms with E-state index in [1.165, 1.54) is 0 Å². The number of benzene rings is 1. The highest BCUT2D eigenvalue weighted by atomic mass is 16.2. The summed E-state index contributed by atoms with van der Waals surface area (Å²) >= 11 is 0. The number of pyridine rings is 3. The van der Waals surface area contributed by atoms with Crippen LogP contribution in [0.15, 0.2) is 59.7 Å². The number of para-hydroxylation sites is 1. The van der Waals surface area contributed by atoms with Crippen LogP contribution in [0.3, 0.4) is 0 Å². The molecule has 1 amide bonds. The molecule has 4 aromatic heterocycles. The monoisotopic (exact) mass is 452 g/mol. The molecule has 5 heterocycles. The third-order valence-electron chi connectivity index (χ3n) is 6.92. The number of aryl methyl sites for hydroxylation is 1. The van der Waals surface area contributed by atoms with Gasteiger partial charge in [-0.2, -0.15) is 0 Å². The van der Waals surface area contributed by atoms with Crippen molar-refractivity contribution in [2.24, 2.45) is 7.05 Å². The van der Waals surface area contributed by atoms with E-state index in [1.54, 1.807) is 24.7 Å². The van der Waals surface area contributed by atoms with Gasteiger partial charge in [0.2, 0.25) is 5.91 Å². The van der Waals surface area contributed by atoms with Crippen LogP contribution < -0.4 is 5.69 Å². The molecule has 34 heavy (non-hydrogen) atoms. The summed E-state index contributed by atoms with van der Waals surface area (Å²) in [4.78, 5) is 41.1. The minimum absolute atomic E-state index is 0.00481. The Hall–Kier alpha value is -4.07. The molecule has 1 fully saturated rings. The Balaban J connectivity index is 1.53. The molecular formula is C26H24N6O2. The third-order valence-corrected chi connectivity index (χ3v) is 6.92. The van der Waals surface area contributed by atoms with Crippen LogP contribution in [0.1, 0.15) is 25.8 Å². The lowest BCUT2D eigenvalue weighted by Gasteiger charge is -2.31. The maximum atomic E-state index is 13.3. The number of piperidine rings is 1. The number of hydrogen-bond donors (Lipinski definition) is 0. The fourth-order valence-electron chi connectivity index (χ4n) is 5.04. The second-order valence-electron chi connectivity index (χ2n) is 8.92. The van der Waals surface area contributed by atoms with E-state index in [1.807, 2.05) is 52.1 Å². The Morgan fingerprint density at radius 2 is 1.76 bits per heavy atom. The number of hydrogen-bond acceptors (Lipinski definition) is 5. The first kappa shape index (κ1) is 20.5. The summed E-state index contributed by atoms with van der Waals surface area (Å²) in [6, 6.07) is 14.0. The third kappa shape index (κ3) is 3.17. The summed E-state index contributed by atoms with van der Waals surface area (Å²) < 4.78 is 3.51. The average molecular weight is 453 g/mol. The maximum Gasteiger partial charge on any atom is 0.329 e. The molecule has 0 bridgehead atoms. The summed E-state index contributed by atoms with van der Waals surface area (Å²) in [5.41, 5.74) is 5.56. The predicted molar refractivity (Wildman–Crippen MR) is 132 cm³/mol. The summed E-state index contributed by atoms with van der Waals surface area (Å²) in [6.45, 7) is 2.89. The Bertz CT molecular complexity index is 1640. The van der Waals surface area contributed by atoms with E-state index in [2.05, 4.69) is 16.0 Å². The van der Waals surface area contributed by atoms with Gasteiger partial charge in [0, 0.05) is 50.2 Å². The van der Waals surface area contributed by atoms with E-state index in [9.17, 15) is 9.59 Å². The average Bonchev–Trinajstić information content (AvgIpc) is 3.13. The Morgan fingerprint density at radius 3 is 2.56 bits per heavy atom. The molecule has 170 valence electrons. The predicted octanol–water partition coefficient (Wildman–Crippen LogP) is 3.68. The zero-order valence-corrected chi connectivity index (χ0v) is 19.1. The van der Waals surface area contributed by atoms with Gasteiger partial charge < -0.3 is 4.90 Å². The van der Waals surface area contributed by atoms with E-state index in [0.717, 1.165) is 51.6 Å². The Morgan fingerprint density at radius 1 is 1.00 bits per heavy atom. The summed E-state index contributed by atoms with van der Waals surface area (Å²) in [5.74, 6) is 0.0775. The number of fused-ring (bicyclic) bond motifs is 4. The van der Waals surface area contributed by atoms with Crippen LogP contribution in [0, 0.1) is 0 Å². The quantitative estimate of drug-likeness (QED) is 0.408. The molecule has 6 rings (SSSR count). The lowest BCUT2D eigenvalue weighted by molar-refractivity contribution is -0.130. The number of carbonyl (C=O) groups is 1. The molecule has 0 radical (unpaired) electrons. The highest BCUT2D eigenvalue weighted by molar-refractivity contribution is 6.00. The van der Waals surface area contributed by atoms with Crippen LogP contribution in [0.25, 0.3) is 44.2 Å². The maximum absolute atomic E-state index is 13.3. The van der Waals surface area contributed by atoms with E-state index < -0.39 is 0 Å². The largest absolute Gasteiger partial charge is 0.343 e. The van der Waals surface area contributed by atoms with Crippen molar-refractivity contribution in [3.8, 4) is 11.3 Å². The van der Waals surface area contributed by atoms with E-state index >= 15 is 0 Å². The number of nitrogens with zero attached hydrogens (tertiary/aromatic N) is 6. The van der Waals surface area contributed by atoms with Crippen LogP contribution in [0.4, 0.5) is 0 Å². The van der Waals surface area contributed by atoms with Crippen molar-refractivity contribution < 1.29 is 4.79 Å². The first-order chi connectivity index (χ1) is 16.5. The molecule has 0 unspecified atom stereocenters. The van der Waals surface area contributed by atoms with Gasteiger partial charge in [0.05, 0.1) is 34.0 Å². The molecular weight excluding hydrogens is 428 g/mol. The zero-order chi connectivity index (χ0) is 23.4. The van der Waals surface area contributed by atoms with Crippen molar-refractivity contribution in [3.05, 3.63) is 65.3 Å². The SMILES string of the molecule is CC(=O)N1CCC(n2c(=O)n(C)c3cnc4ccc(-c5cnc6ccccc6c5)nc4c32)CC1. The summed E-state index contributed by atoms with van der Waals surface area (Å²) in [6.07, 6.45) is 5.05. The molecule has 0 N–H and O–H groups in total. The molecule has 8 heteroatoms. The second kappa shape index (κ2) is 7.76. The number of carbonyl (C=O) groups excluding carboxylic acids is 1. The van der Waals surface area contributed by atoms with Gasteiger partial charge in [-0.1, -0.05) is 18.2 Å². The van der Waals surface area contributed by atoms with Crippen molar-refractivity contribution >= 4 is 38.9 Å². The topological polar surface area (TPSA) is 85.9 Å². The molecule has 0 spiro atoms. The van der Waals surface area contributed by atoms with Crippen molar-refractivity contribution in [3.63, 3.8) is 0 Å². The minimum atomic E-state index is -0.0786. The van der Waals surface area contributed by atoms with Crippen LogP contribution in [0.2, 0.25) is 0 Å². The van der Waals surface area contributed by atoms with E-state index in [-0.39, 0.29) is 17.6 Å². The normalized spacial score (nSPS) is 14.9. The first-order valence-electron chi connectivity index (χ1n) is 11.5. The van der Waals surface area contributed by atoms with Gasteiger partial charge in [-0.25, -0.2) is 9.78 Å². The zero-order valence-electron chi connectivity index (χ0n) is 19.1. The van der Waals surface area contributed by atoms with Crippen LogP contribution in [0.5, 0.6) is 0 Å². The van der Waals surface area contributed by atoms with Crippen molar-refractivity contribution in [2.45, 2.75) is 25.8 Å². The molecule has 0 atom stereocenters. The second-order valence-corrected chi connectivity index (χ2v) is 8.92. The smallest absolute Gasteiger partial charge is 0.329 e. The highest BCUT2D eigenvalue weighted by Gasteiger charge is 2.27. The highest BCUT2D eigenvalue weighted by Crippen LogP contribution is 2.30.